The fourth-order valence-corrected chi connectivity index (χ4v) is 3.96. The Morgan fingerprint density at radius 2 is 1.42 bits per heavy atom. The van der Waals surface area contributed by atoms with Crippen molar-refractivity contribution in [2.45, 2.75) is 25.8 Å². The van der Waals surface area contributed by atoms with E-state index in [1.165, 1.54) is 0 Å². The molecule has 0 bridgehead atoms. The second kappa shape index (κ2) is 8.96. The van der Waals surface area contributed by atoms with Gasteiger partial charge in [0.1, 0.15) is 6.04 Å². The molecule has 3 amide bonds. The molecule has 1 atom stereocenters. The molecule has 5 heteroatoms. The number of nitrogens with one attached hydrogen (secondary N) is 1. The molecule has 0 saturated carbocycles. The van der Waals surface area contributed by atoms with E-state index < -0.39 is 17.9 Å². The first-order valence-electron chi connectivity index (χ1n) is 10.4. The average Bonchev–Trinajstić information content (AvgIpc) is 3.04. The lowest BCUT2D eigenvalue weighted by Gasteiger charge is -2.25. The van der Waals surface area contributed by atoms with E-state index >= 15 is 0 Å². The molecule has 1 N–H and O–H groups in total. The van der Waals surface area contributed by atoms with Gasteiger partial charge in [-0.05, 0) is 42.2 Å². The number of benzene rings is 3. The van der Waals surface area contributed by atoms with Crippen LogP contribution >= 0.6 is 0 Å². The van der Waals surface area contributed by atoms with Crippen LogP contribution in [0, 0.1) is 6.92 Å². The fraction of sp³-hybridized carbons (Fsp3) is 0.192. The molecular weight excluding hydrogens is 388 g/mol. The van der Waals surface area contributed by atoms with Crippen molar-refractivity contribution in [3.05, 3.63) is 107 Å². The van der Waals surface area contributed by atoms with Gasteiger partial charge in [0.05, 0.1) is 11.1 Å². The Kier molecular flexibility index (Phi) is 5.94. The van der Waals surface area contributed by atoms with Gasteiger partial charge in [0.15, 0.2) is 0 Å². The number of carbonyl (C=O) groups is 3. The van der Waals surface area contributed by atoms with E-state index in [0.717, 1.165) is 21.6 Å². The second-order valence-corrected chi connectivity index (χ2v) is 7.70. The summed E-state index contributed by atoms with van der Waals surface area (Å²) in [6.07, 6.45) is 0.946. The van der Waals surface area contributed by atoms with Gasteiger partial charge >= 0.3 is 0 Å². The monoisotopic (exact) mass is 412 g/mol. The summed E-state index contributed by atoms with van der Waals surface area (Å²) >= 11 is 0. The molecule has 3 aromatic rings. The van der Waals surface area contributed by atoms with Crippen molar-refractivity contribution in [3.8, 4) is 0 Å². The second-order valence-electron chi connectivity index (χ2n) is 7.70. The van der Waals surface area contributed by atoms with Gasteiger partial charge in [-0.1, -0.05) is 66.7 Å². The van der Waals surface area contributed by atoms with Crippen molar-refractivity contribution in [1.29, 1.82) is 0 Å². The van der Waals surface area contributed by atoms with Crippen LogP contribution in [0.25, 0.3) is 0 Å². The topological polar surface area (TPSA) is 66.5 Å². The van der Waals surface area contributed by atoms with Gasteiger partial charge in [-0.25, -0.2) is 0 Å². The Morgan fingerprint density at radius 3 is 2.06 bits per heavy atom. The van der Waals surface area contributed by atoms with Crippen molar-refractivity contribution >= 4 is 17.7 Å². The smallest absolute Gasteiger partial charge is 0.262 e. The van der Waals surface area contributed by atoms with E-state index in [2.05, 4.69) is 5.32 Å². The number of amides is 3. The Bertz CT molecular complexity index is 1090. The quantitative estimate of drug-likeness (QED) is 0.604. The van der Waals surface area contributed by atoms with Crippen LogP contribution in [0.2, 0.25) is 0 Å². The summed E-state index contributed by atoms with van der Waals surface area (Å²) in [5.74, 6) is -1.17. The highest BCUT2D eigenvalue weighted by molar-refractivity contribution is 6.22. The molecule has 1 heterocycles. The molecule has 0 spiro atoms. The number of hydrogen-bond donors (Lipinski definition) is 1. The van der Waals surface area contributed by atoms with E-state index in [-0.39, 0.29) is 12.3 Å². The molecule has 0 saturated heterocycles. The Balaban J connectivity index is 1.55. The maximum absolute atomic E-state index is 13.2. The summed E-state index contributed by atoms with van der Waals surface area (Å²) in [6, 6.07) is 23.3. The van der Waals surface area contributed by atoms with Crippen molar-refractivity contribution in [3.63, 3.8) is 0 Å². The van der Waals surface area contributed by atoms with Crippen molar-refractivity contribution in [1.82, 2.24) is 10.2 Å². The SMILES string of the molecule is Cc1ccccc1CCNC(=O)C(Cc1ccccc1)N1C(=O)c2ccccc2C1=O. The van der Waals surface area contributed by atoms with E-state index in [1.807, 2.05) is 61.5 Å². The summed E-state index contributed by atoms with van der Waals surface area (Å²) in [5, 5.41) is 2.94. The van der Waals surface area contributed by atoms with Crippen LogP contribution in [0.4, 0.5) is 0 Å². The summed E-state index contributed by atoms with van der Waals surface area (Å²) in [4.78, 5) is 40.3. The number of rotatable bonds is 7. The van der Waals surface area contributed by atoms with Gasteiger partial charge in [0, 0.05) is 13.0 Å². The van der Waals surface area contributed by atoms with Gasteiger partial charge in [0.2, 0.25) is 5.91 Å². The van der Waals surface area contributed by atoms with Crippen LogP contribution in [-0.4, -0.2) is 35.2 Å². The van der Waals surface area contributed by atoms with E-state index in [9.17, 15) is 14.4 Å². The largest absolute Gasteiger partial charge is 0.354 e. The first-order chi connectivity index (χ1) is 15.1. The number of fused-ring (bicyclic) bond motifs is 1. The molecule has 1 aliphatic rings. The van der Waals surface area contributed by atoms with Crippen LogP contribution in [0.3, 0.4) is 0 Å². The minimum absolute atomic E-state index is 0.266. The molecule has 156 valence electrons. The fourth-order valence-electron chi connectivity index (χ4n) is 3.96. The minimum atomic E-state index is -0.910. The molecule has 0 radical (unpaired) electrons. The summed E-state index contributed by atoms with van der Waals surface area (Å²) in [6.45, 7) is 2.46. The Hall–Kier alpha value is -3.73. The molecule has 0 aliphatic carbocycles. The number of carbonyl (C=O) groups excluding carboxylic acids is 3. The Labute approximate surface area is 181 Å². The predicted molar refractivity (Wildman–Crippen MR) is 119 cm³/mol. The maximum Gasteiger partial charge on any atom is 0.262 e. The summed E-state index contributed by atoms with van der Waals surface area (Å²) in [7, 11) is 0. The van der Waals surface area contributed by atoms with Crippen LogP contribution in [0.1, 0.15) is 37.4 Å². The summed E-state index contributed by atoms with van der Waals surface area (Å²) in [5.41, 5.74) is 3.90. The number of hydrogen-bond acceptors (Lipinski definition) is 3. The lowest BCUT2D eigenvalue weighted by atomic mass is 10.0. The van der Waals surface area contributed by atoms with E-state index in [1.54, 1.807) is 24.3 Å². The first kappa shape index (κ1) is 20.5. The normalized spacial score (nSPS) is 13.8. The van der Waals surface area contributed by atoms with Crippen LogP contribution < -0.4 is 5.32 Å². The zero-order valence-electron chi connectivity index (χ0n) is 17.4. The molecular formula is C26H24N2O3. The third-order valence-corrected chi connectivity index (χ3v) is 5.67. The van der Waals surface area contributed by atoms with Crippen LogP contribution in [0.5, 0.6) is 0 Å². The predicted octanol–water partition coefficient (Wildman–Crippen LogP) is 3.56. The maximum atomic E-state index is 13.2. The Morgan fingerprint density at radius 1 is 0.839 bits per heavy atom. The molecule has 1 unspecified atom stereocenters. The molecule has 0 aromatic heterocycles. The molecule has 0 fully saturated rings. The third-order valence-electron chi connectivity index (χ3n) is 5.67. The molecule has 1 aliphatic heterocycles. The zero-order valence-corrected chi connectivity index (χ0v) is 17.4. The van der Waals surface area contributed by atoms with Crippen LogP contribution in [-0.2, 0) is 17.6 Å². The highest BCUT2D eigenvalue weighted by Crippen LogP contribution is 2.26. The number of nitrogens with zero attached hydrogens (tertiary/aromatic N) is 1. The average molecular weight is 412 g/mol. The van der Waals surface area contributed by atoms with E-state index in [0.29, 0.717) is 24.1 Å². The van der Waals surface area contributed by atoms with Crippen LogP contribution in [0.15, 0.2) is 78.9 Å². The standard InChI is InChI=1S/C26H24N2O3/c1-18-9-5-6-12-20(18)15-16-27-24(29)23(17-19-10-3-2-4-11-19)28-25(30)21-13-7-8-14-22(21)26(28)31/h2-14,23H,15-17H2,1H3,(H,27,29). The number of aryl methyl sites for hydroxylation is 1. The van der Waals surface area contributed by atoms with Gasteiger partial charge in [-0.2, -0.15) is 0 Å². The zero-order chi connectivity index (χ0) is 21.8. The van der Waals surface area contributed by atoms with Gasteiger partial charge in [-0.15, -0.1) is 0 Å². The van der Waals surface area contributed by atoms with Gasteiger partial charge in [-0.3, -0.25) is 19.3 Å². The minimum Gasteiger partial charge on any atom is -0.354 e. The lowest BCUT2D eigenvalue weighted by Crippen LogP contribution is -2.51. The third kappa shape index (κ3) is 4.26. The summed E-state index contributed by atoms with van der Waals surface area (Å²) < 4.78 is 0. The van der Waals surface area contributed by atoms with Crippen molar-refractivity contribution in [2.24, 2.45) is 0 Å². The highest BCUT2D eigenvalue weighted by atomic mass is 16.2. The van der Waals surface area contributed by atoms with Crippen molar-refractivity contribution < 1.29 is 14.4 Å². The molecule has 5 nitrogen and oxygen atoms in total. The number of imide groups is 1. The van der Waals surface area contributed by atoms with Gasteiger partial charge < -0.3 is 5.32 Å². The molecule has 3 aromatic carbocycles. The highest BCUT2D eigenvalue weighted by Gasteiger charge is 2.42. The lowest BCUT2D eigenvalue weighted by molar-refractivity contribution is -0.125. The first-order valence-corrected chi connectivity index (χ1v) is 10.4. The molecule has 31 heavy (non-hydrogen) atoms. The van der Waals surface area contributed by atoms with E-state index in [4.69, 9.17) is 0 Å². The molecule has 4 rings (SSSR count). The van der Waals surface area contributed by atoms with Gasteiger partial charge in [0.25, 0.3) is 11.8 Å². The van der Waals surface area contributed by atoms with Crippen molar-refractivity contribution in [2.75, 3.05) is 6.54 Å².